The highest BCUT2D eigenvalue weighted by molar-refractivity contribution is 7.91. The summed E-state index contributed by atoms with van der Waals surface area (Å²) < 4.78 is 22.9. The molecule has 1 unspecified atom stereocenters. The zero-order valence-corrected chi connectivity index (χ0v) is 11.2. The first-order chi connectivity index (χ1) is 7.55. The van der Waals surface area contributed by atoms with Crippen molar-refractivity contribution in [3.63, 3.8) is 0 Å². The van der Waals surface area contributed by atoms with Crippen molar-refractivity contribution >= 4 is 9.84 Å². The Labute approximate surface area is 99.3 Å². The molecule has 0 aliphatic carbocycles. The van der Waals surface area contributed by atoms with E-state index < -0.39 is 9.84 Å². The fourth-order valence-corrected chi connectivity index (χ4v) is 3.44. The lowest BCUT2D eigenvalue weighted by Gasteiger charge is -2.27. The van der Waals surface area contributed by atoms with E-state index in [9.17, 15) is 8.42 Å². The van der Waals surface area contributed by atoms with Crippen LogP contribution in [0.5, 0.6) is 0 Å². The van der Waals surface area contributed by atoms with Gasteiger partial charge in [0.1, 0.15) is 0 Å². The van der Waals surface area contributed by atoms with Crippen molar-refractivity contribution in [2.24, 2.45) is 0 Å². The van der Waals surface area contributed by atoms with E-state index in [-0.39, 0.29) is 0 Å². The summed E-state index contributed by atoms with van der Waals surface area (Å²) in [5.41, 5.74) is 0. The molecule has 0 amide bonds. The van der Waals surface area contributed by atoms with Gasteiger partial charge in [0.15, 0.2) is 9.84 Å². The summed E-state index contributed by atoms with van der Waals surface area (Å²) in [6.45, 7) is 4.88. The largest absolute Gasteiger partial charge is 0.320 e. The van der Waals surface area contributed by atoms with E-state index in [2.05, 4.69) is 17.1 Å². The van der Waals surface area contributed by atoms with Gasteiger partial charge >= 0.3 is 0 Å². The zero-order chi connectivity index (χ0) is 12.0. The summed E-state index contributed by atoms with van der Waals surface area (Å²) in [7, 11) is -0.803. The molecular weight excluding hydrogens is 224 g/mol. The van der Waals surface area contributed by atoms with Gasteiger partial charge in [-0.25, -0.2) is 8.42 Å². The number of rotatable bonds is 5. The number of nitrogens with one attached hydrogen (secondary N) is 1. The Kier molecular flexibility index (Phi) is 5.72. The quantitative estimate of drug-likeness (QED) is 0.720. The van der Waals surface area contributed by atoms with Gasteiger partial charge in [-0.15, -0.1) is 0 Å². The smallest absolute Gasteiger partial charge is 0.151 e. The minimum atomic E-state index is -2.76. The molecule has 1 atom stereocenters. The number of hydrogen-bond donors (Lipinski definition) is 1. The Morgan fingerprint density at radius 1 is 1.31 bits per heavy atom. The summed E-state index contributed by atoms with van der Waals surface area (Å²) in [4.78, 5) is 2.32. The monoisotopic (exact) mass is 248 g/mol. The highest BCUT2D eigenvalue weighted by Crippen LogP contribution is 2.11. The first kappa shape index (κ1) is 13.9. The molecule has 1 aliphatic heterocycles. The normalized spacial score (nSPS) is 23.9. The first-order valence-corrected chi connectivity index (χ1v) is 7.96. The third-order valence-corrected chi connectivity index (χ3v) is 4.98. The van der Waals surface area contributed by atoms with E-state index in [0.29, 0.717) is 24.1 Å². The molecule has 96 valence electrons. The standard InChI is InChI=1S/C11H24N2O2S/c1-11(5-3-6-12-2)13-7-4-9-16(14,15)10-8-13/h11-12H,3-10H2,1-2H3. The van der Waals surface area contributed by atoms with Crippen LogP contribution in [0.2, 0.25) is 0 Å². The van der Waals surface area contributed by atoms with Gasteiger partial charge in [0.05, 0.1) is 11.5 Å². The maximum absolute atomic E-state index is 11.5. The van der Waals surface area contributed by atoms with Crippen molar-refractivity contribution in [3.8, 4) is 0 Å². The van der Waals surface area contributed by atoms with Crippen LogP contribution in [0.15, 0.2) is 0 Å². The van der Waals surface area contributed by atoms with E-state index in [1.807, 2.05) is 7.05 Å². The molecule has 0 radical (unpaired) electrons. The van der Waals surface area contributed by atoms with E-state index >= 15 is 0 Å². The minimum Gasteiger partial charge on any atom is -0.320 e. The van der Waals surface area contributed by atoms with Gasteiger partial charge in [0, 0.05) is 12.6 Å². The molecule has 0 spiro atoms. The Bertz CT molecular complexity index is 290. The fourth-order valence-electron chi connectivity index (χ4n) is 2.16. The van der Waals surface area contributed by atoms with Crippen molar-refractivity contribution in [1.29, 1.82) is 0 Å². The Morgan fingerprint density at radius 2 is 2.06 bits per heavy atom. The van der Waals surface area contributed by atoms with E-state index in [1.165, 1.54) is 0 Å². The molecule has 0 aromatic carbocycles. The van der Waals surface area contributed by atoms with E-state index in [1.54, 1.807) is 0 Å². The molecule has 1 N–H and O–H groups in total. The molecule has 0 aromatic rings. The molecule has 1 saturated heterocycles. The zero-order valence-electron chi connectivity index (χ0n) is 10.4. The SMILES string of the molecule is CNCCCC(C)N1CCCS(=O)(=O)CC1. The van der Waals surface area contributed by atoms with Crippen LogP contribution in [-0.4, -0.2) is 57.5 Å². The topological polar surface area (TPSA) is 49.4 Å². The summed E-state index contributed by atoms with van der Waals surface area (Å²) in [5.74, 6) is 0.704. The number of nitrogens with zero attached hydrogens (tertiary/aromatic N) is 1. The molecule has 1 fully saturated rings. The third kappa shape index (κ3) is 4.80. The van der Waals surface area contributed by atoms with Gasteiger partial charge in [-0.05, 0) is 46.3 Å². The maximum atomic E-state index is 11.5. The summed E-state index contributed by atoms with van der Waals surface area (Å²) in [6, 6.07) is 0.502. The Morgan fingerprint density at radius 3 is 2.75 bits per heavy atom. The second kappa shape index (κ2) is 6.57. The van der Waals surface area contributed by atoms with E-state index in [4.69, 9.17) is 0 Å². The summed E-state index contributed by atoms with van der Waals surface area (Å²) in [6.07, 6.45) is 3.08. The fraction of sp³-hybridized carbons (Fsp3) is 1.00. The van der Waals surface area contributed by atoms with Crippen LogP contribution in [0.25, 0.3) is 0 Å². The van der Waals surface area contributed by atoms with Crippen molar-refractivity contribution in [2.45, 2.75) is 32.2 Å². The van der Waals surface area contributed by atoms with Crippen molar-refractivity contribution in [3.05, 3.63) is 0 Å². The molecular formula is C11H24N2O2S. The highest BCUT2D eigenvalue weighted by Gasteiger charge is 2.21. The second-order valence-electron chi connectivity index (χ2n) is 4.64. The molecule has 0 aromatic heterocycles. The van der Waals surface area contributed by atoms with Crippen LogP contribution in [0.3, 0.4) is 0 Å². The highest BCUT2D eigenvalue weighted by atomic mass is 32.2. The molecule has 1 heterocycles. The van der Waals surface area contributed by atoms with Crippen LogP contribution >= 0.6 is 0 Å². The molecule has 16 heavy (non-hydrogen) atoms. The van der Waals surface area contributed by atoms with Crippen LogP contribution in [0, 0.1) is 0 Å². The molecule has 5 heteroatoms. The third-order valence-electron chi connectivity index (χ3n) is 3.26. The predicted molar refractivity (Wildman–Crippen MR) is 67.5 cm³/mol. The van der Waals surface area contributed by atoms with Crippen molar-refractivity contribution in [2.75, 3.05) is 38.2 Å². The van der Waals surface area contributed by atoms with Gasteiger partial charge < -0.3 is 5.32 Å². The summed E-state index contributed by atoms with van der Waals surface area (Å²) >= 11 is 0. The van der Waals surface area contributed by atoms with Crippen LogP contribution in [0.1, 0.15) is 26.2 Å². The van der Waals surface area contributed by atoms with Gasteiger partial charge in [0.2, 0.25) is 0 Å². The maximum Gasteiger partial charge on any atom is 0.151 e. The van der Waals surface area contributed by atoms with Gasteiger partial charge in [-0.2, -0.15) is 0 Å². The van der Waals surface area contributed by atoms with Crippen LogP contribution < -0.4 is 5.32 Å². The van der Waals surface area contributed by atoms with Gasteiger partial charge in [-0.3, -0.25) is 4.90 Å². The lowest BCUT2D eigenvalue weighted by molar-refractivity contribution is 0.212. The molecule has 4 nitrogen and oxygen atoms in total. The molecule has 1 aliphatic rings. The number of sulfone groups is 1. The lowest BCUT2D eigenvalue weighted by Crippen LogP contribution is -2.35. The Balaban J connectivity index is 2.36. The van der Waals surface area contributed by atoms with Crippen LogP contribution in [-0.2, 0) is 9.84 Å². The first-order valence-electron chi connectivity index (χ1n) is 6.14. The minimum absolute atomic E-state index is 0.337. The Hall–Kier alpha value is -0.130. The van der Waals surface area contributed by atoms with E-state index in [0.717, 1.165) is 32.4 Å². The molecule has 0 saturated carbocycles. The average Bonchev–Trinajstić information content (AvgIpc) is 2.39. The van der Waals surface area contributed by atoms with Crippen molar-refractivity contribution in [1.82, 2.24) is 10.2 Å². The molecule has 0 bridgehead atoms. The summed E-state index contributed by atoms with van der Waals surface area (Å²) in [5, 5.41) is 3.14. The van der Waals surface area contributed by atoms with Gasteiger partial charge in [0.25, 0.3) is 0 Å². The van der Waals surface area contributed by atoms with Gasteiger partial charge in [-0.1, -0.05) is 0 Å². The second-order valence-corrected chi connectivity index (χ2v) is 6.94. The number of hydrogen-bond acceptors (Lipinski definition) is 4. The molecule has 1 rings (SSSR count). The van der Waals surface area contributed by atoms with Crippen molar-refractivity contribution < 1.29 is 8.42 Å². The predicted octanol–water partition coefficient (Wildman–Crippen LogP) is 0.495. The lowest BCUT2D eigenvalue weighted by atomic mass is 10.1. The van der Waals surface area contributed by atoms with Crippen LogP contribution in [0.4, 0.5) is 0 Å². The average molecular weight is 248 g/mol.